The Bertz CT molecular complexity index is 1010. The van der Waals surface area contributed by atoms with Gasteiger partial charge in [0.2, 0.25) is 5.91 Å². The zero-order chi connectivity index (χ0) is 24.6. The summed E-state index contributed by atoms with van der Waals surface area (Å²) in [7, 11) is 0. The lowest BCUT2D eigenvalue weighted by molar-refractivity contribution is -0.142. The van der Waals surface area contributed by atoms with Crippen molar-refractivity contribution in [2.24, 2.45) is 5.92 Å². The van der Waals surface area contributed by atoms with Crippen molar-refractivity contribution in [3.05, 3.63) is 59.7 Å². The lowest BCUT2D eigenvalue weighted by atomic mass is 9.82. The van der Waals surface area contributed by atoms with Gasteiger partial charge in [-0.15, -0.1) is 0 Å². The number of rotatable bonds is 10. The van der Waals surface area contributed by atoms with Crippen molar-refractivity contribution in [1.82, 2.24) is 10.6 Å². The molecule has 1 saturated carbocycles. The molecule has 2 aromatic carbocycles. The predicted molar refractivity (Wildman–Crippen MR) is 130 cm³/mol. The normalized spacial score (nSPS) is 18.9. The first kappa shape index (κ1) is 24.7. The van der Waals surface area contributed by atoms with Gasteiger partial charge in [-0.25, -0.2) is 9.59 Å². The van der Waals surface area contributed by atoms with Gasteiger partial charge in [-0.3, -0.25) is 4.79 Å². The number of carbonyl (C=O) groups excluding carboxylic acids is 2. The van der Waals surface area contributed by atoms with Crippen molar-refractivity contribution >= 4 is 18.0 Å². The van der Waals surface area contributed by atoms with E-state index in [1.807, 2.05) is 24.3 Å². The summed E-state index contributed by atoms with van der Waals surface area (Å²) in [5.74, 6) is -1.13. The van der Waals surface area contributed by atoms with E-state index in [1.54, 1.807) is 0 Å². The van der Waals surface area contributed by atoms with E-state index < -0.39 is 12.1 Å². The zero-order valence-electron chi connectivity index (χ0n) is 19.7. The van der Waals surface area contributed by atoms with Gasteiger partial charge in [0.05, 0.1) is 6.61 Å². The van der Waals surface area contributed by atoms with E-state index in [1.165, 1.54) is 22.3 Å². The number of alkyl carbamates (subject to hydrolysis) is 1. The van der Waals surface area contributed by atoms with Gasteiger partial charge in [0, 0.05) is 24.9 Å². The fraction of sp³-hybridized carbons (Fsp3) is 0.444. The van der Waals surface area contributed by atoms with Crippen LogP contribution in [0.1, 0.15) is 49.1 Å². The monoisotopic (exact) mass is 480 g/mol. The first-order valence-corrected chi connectivity index (χ1v) is 12.2. The van der Waals surface area contributed by atoms with Gasteiger partial charge in [-0.2, -0.15) is 0 Å². The van der Waals surface area contributed by atoms with Crippen molar-refractivity contribution < 1.29 is 29.0 Å². The summed E-state index contributed by atoms with van der Waals surface area (Å²) < 4.78 is 10.6. The van der Waals surface area contributed by atoms with E-state index >= 15 is 0 Å². The number of amides is 2. The quantitative estimate of drug-likeness (QED) is 0.447. The van der Waals surface area contributed by atoms with E-state index in [2.05, 4.69) is 34.9 Å². The second-order valence-corrected chi connectivity index (χ2v) is 9.12. The molecule has 0 heterocycles. The van der Waals surface area contributed by atoms with Crippen LogP contribution in [-0.2, 0) is 19.1 Å². The molecule has 8 heteroatoms. The van der Waals surface area contributed by atoms with Gasteiger partial charge in [0.25, 0.3) is 0 Å². The number of nitrogens with one attached hydrogen (secondary N) is 2. The highest BCUT2D eigenvalue weighted by molar-refractivity contribution is 5.79. The fourth-order valence-corrected chi connectivity index (χ4v) is 5.17. The third kappa shape index (κ3) is 6.39. The Labute approximate surface area is 205 Å². The van der Waals surface area contributed by atoms with Crippen molar-refractivity contribution in [1.29, 1.82) is 0 Å². The molecule has 0 aromatic heterocycles. The maximum absolute atomic E-state index is 12.7. The van der Waals surface area contributed by atoms with Crippen LogP contribution in [0, 0.1) is 5.92 Å². The summed E-state index contributed by atoms with van der Waals surface area (Å²) in [5.41, 5.74) is 4.70. The number of carboxylic acid groups (broad SMARTS) is 1. The smallest absolute Gasteiger partial charge is 0.407 e. The molecule has 2 unspecified atom stereocenters. The summed E-state index contributed by atoms with van der Waals surface area (Å²) >= 11 is 0. The van der Waals surface area contributed by atoms with Gasteiger partial charge in [0.1, 0.15) is 13.2 Å². The zero-order valence-corrected chi connectivity index (χ0v) is 19.7. The number of carboxylic acids is 1. The first-order chi connectivity index (χ1) is 17.0. The molecular weight excluding hydrogens is 448 g/mol. The second-order valence-electron chi connectivity index (χ2n) is 9.12. The van der Waals surface area contributed by atoms with Crippen molar-refractivity contribution in [2.75, 3.05) is 26.4 Å². The molecule has 2 aliphatic carbocycles. The van der Waals surface area contributed by atoms with Gasteiger partial charge in [-0.1, -0.05) is 61.4 Å². The standard InChI is InChI=1S/C27H32N2O6/c30-25(28-13-14-34-17-26(31)32)15-18-7-1-6-12-24(18)29-27(33)35-16-23-21-10-4-2-8-19(21)20-9-3-5-11-22(20)23/h2-5,8-11,18,23-24H,1,6-7,12-17H2,(H,28,30)(H,29,33)(H,31,32). The van der Waals surface area contributed by atoms with Gasteiger partial charge < -0.3 is 25.2 Å². The number of hydrogen-bond donors (Lipinski definition) is 3. The highest BCUT2D eigenvalue weighted by Gasteiger charge is 2.31. The Kier molecular flexibility index (Phi) is 8.36. The van der Waals surface area contributed by atoms with Crippen LogP contribution in [0.25, 0.3) is 11.1 Å². The fourth-order valence-electron chi connectivity index (χ4n) is 5.17. The lowest BCUT2D eigenvalue weighted by Gasteiger charge is -2.31. The molecule has 0 radical (unpaired) electrons. The van der Waals surface area contributed by atoms with E-state index in [4.69, 9.17) is 14.6 Å². The molecule has 2 aliphatic rings. The van der Waals surface area contributed by atoms with Crippen LogP contribution in [0.5, 0.6) is 0 Å². The highest BCUT2D eigenvalue weighted by atomic mass is 16.5. The maximum atomic E-state index is 12.7. The SMILES string of the molecule is O=C(O)COCCNC(=O)CC1CCCCC1NC(=O)OCC1c2ccccc2-c2ccccc21. The summed E-state index contributed by atoms with van der Waals surface area (Å²) in [6, 6.07) is 16.3. The van der Waals surface area contributed by atoms with E-state index in [9.17, 15) is 14.4 Å². The summed E-state index contributed by atoms with van der Waals surface area (Å²) in [6.07, 6.45) is 3.53. The van der Waals surface area contributed by atoms with Crippen LogP contribution in [0.4, 0.5) is 4.79 Å². The molecule has 2 aromatic rings. The number of benzene rings is 2. The van der Waals surface area contributed by atoms with Gasteiger partial charge in [0.15, 0.2) is 0 Å². The molecular formula is C27H32N2O6. The van der Waals surface area contributed by atoms with Crippen LogP contribution < -0.4 is 10.6 Å². The van der Waals surface area contributed by atoms with Crippen molar-refractivity contribution in [3.8, 4) is 11.1 Å². The largest absolute Gasteiger partial charge is 0.480 e. The summed E-state index contributed by atoms with van der Waals surface area (Å²) in [5, 5.41) is 14.3. The van der Waals surface area contributed by atoms with Crippen LogP contribution >= 0.6 is 0 Å². The molecule has 8 nitrogen and oxygen atoms in total. The Balaban J connectivity index is 1.27. The molecule has 0 aliphatic heterocycles. The molecule has 4 rings (SSSR count). The van der Waals surface area contributed by atoms with E-state index in [0.29, 0.717) is 6.42 Å². The predicted octanol–water partition coefficient (Wildman–Crippen LogP) is 3.69. The average Bonchev–Trinajstić information content (AvgIpc) is 3.17. The molecule has 35 heavy (non-hydrogen) atoms. The van der Waals surface area contributed by atoms with Gasteiger partial charge in [-0.05, 0) is 41.0 Å². The maximum Gasteiger partial charge on any atom is 0.407 e. The van der Waals surface area contributed by atoms with Crippen LogP contribution in [-0.4, -0.2) is 55.5 Å². The van der Waals surface area contributed by atoms with Crippen molar-refractivity contribution in [3.63, 3.8) is 0 Å². The molecule has 2 amide bonds. The molecule has 186 valence electrons. The molecule has 0 spiro atoms. The number of fused-ring (bicyclic) bond motifs is 3. The molecule has 0 bridgehead atoms. The van der Waals surface area contributed by atoms with Crippen LogP contribution in [0.3, 0.4) is 0 Å². The number of hydrogen-bond acceptors (Lipinski definition) is 5. The first-order valence-electron chi connectivity index (χ1n) is 12.2. The second kappa shape index (κ2) is 11.8. The minimum atomic E-state index is -1.04. The van der Waals surface area contributed by atoms with Crippen molar-refractivity contribution in [2.45, 2.75) is 44.1 Å². The van der Waals surface area contributed by atoms with E-state index in [0.717, 1.165) is 25.7 Å². The Hall–Kier alpha value is -3.39. The topological polar surface area (TPSA) is 114 Å². The minimum absolute atomic E-state index is 0.00410. The molecule has 1 fully saturated rings. The van der Waals surface area contributed by atoms with Crippen LogP contribution in [0.15, 0.2) is 48.5 Å². The van der Waals surface area contributed by atoms with E-state index in [-0.39, 0.29) is 50.2 Å². The lowest BCUT2D eigenvalue weighted by Crippen LogP contribution is -2.44. The number of aliphatic carboxylic acids is 1. The third-order valence-corrected chi connectivity index (χ3v) is 6.80. The molecule has 0 saturated heterocycles. The molecule has 3 N–H and O–H groups in total. The number of carbonyl (C=O) groups is 3. The van der Waals surface area contributed by atoms with Gasteiger partial charge >= 0.3 is 12.1 Å². The average molecular weight is 481 g/mol. The Morgan fingerprint density at radius 2 is 1.60 bits per heavy atom. The van der Waals surface area contributed by atoms with Crippen LogP contribution in [0.2, 0.25) is 0 Å². The third-order valence-electron chi connectivity index (χ3n) is 6.80. The minimum Gasteiger partial charge on any atom is -0.480 e. The number of ether oxygens (including phenoxy) is 2. The Morgan fingerprint density at radius 1 is 0.943 bits per heavy atom. The summed E-state index contributed by atoms with van der Waals surface area (Å²) in [6.45, 7) is 0.270. The highest BCUT2D eigenvalue weighted by Crippen LogP contribution is 2.44. The Morgan fingerprint density at radius 3 is 2.29 bits per heavy atom. The summed E-state index contributed by atoms with van der Waals surface area (Å²) in [4.78, 5) is 35.5. The molecule has 2 atom stereocenters.